The minimum absolute atomic E-state index is 0. The number of para-hydroxylation sites is 1. The van der Waals surface area contributed by atoms with Gasteiger partial charge in [0.05, 0.1) is 22.8 Å². The van der Waals surface area contributed by atoms with E-state index in [2.05, 4.69) is 33.8 Å². The van der Waals surface area contributed by atoms with Gasteiger partial charge < -0.3 is 9.13 Å². The first kappa shape index (κ1) is 33.5. The summed E-state index contributed by atoms with van der Waals surface area (Å²) in [6.45, 7) is 11.8. The van der Waals surface area contributed by atoms with E-state index in [1.54, 1.807) is 10.9 Å². The molecule has 0 unspecified atom stereocenters. The van der Waals surface area contributed by atoms with Gasteiger partial charge in [-0.1, -0.05) is 65.3 Å². The summed E-state index contributed by atoms with van der Waals surface area (Å²) < 4.78 is 51.0. The molecule has 0 saturated heterocycles. The molecule has 0 amide bonds. The zero-order valence-corrected chi connectivity index (χ0v) is 30.0. The van der Waals surface area contributed by atoms with Crippen LogP contribution in [0.15, 0.2) is 79.1 Å². The van der Waals surface area contributed by atoms with Crippen molar-refractivity contribution in [2.75, 3.05) is 0 Å². The van der Waals surface area contributed by atoms with Crippen LogP contribution in [-0.2, 0) is 38.9 Å². The summed E-state index contributed by atoms with van der Waals surface area (Å²) in [4.78, 5) is 4.52. The van der Waals surface area contributed by atoms with Crippen LogP contribution < -0.4 is 0 Å². The van der Waals surface area contributed by atoms with E-state index < -0.39 is 28.3 Å². The maximum Gasteiger partial charge on any atom is 2.00 e. The van der Waals surface area contributed by atoms with E-state index in [0.29, 0.717) is 22.6 Å². The van der Waals surface area contributed by atoms with Gasteiger partial charge in [-0.05, 0) is 22.8 Å². The molecule has 0 aliphatic rings. The molecule has 5 nitrogen and oxygen atoms in total. The van der Waals surface area contributed by atoms with E-state index in [1.807, 2.05) is 102 Å². The van der Waals surface area contributed by atoms with Crippen molar-refractivity contribution in [3.63, 3.8) is 0 Å². The first-order valence-corrected chi connectivity index (χ1v) is 15.5. The fraction of sp³-hybridized carbons (Fsp3) is 0.231. The average Bonchev–Trinajstić information content (AvgIpc) is 3.70. The third-order valence-corrected chi connectivity index (χ3v) is 8.44. The fourth-order valence-electron chi connectivity index (χ4n) is 6.43. The van der Waals surface area contributed by atoms with E-state index in [0.717, 1.165) is 51.0 Å². The Morgan fingerprint density at radius 3 is 2.08 bits per heavy atom. The molecule has 0 atom stereocenters. The molecule has 0 aliphatic heterocycles. The second-order valence-corrected chi connectivity index (χ2v) is 14.0. The van der Waals surface area contributed by atoms with Crippen molar-refractivity contribution in [1.29, 1.82) is 0 Å². The largest absolute Gasteiger partial charge is 2.00 e. The van der Waals surface area contributed by atoms with Gasteiger partial charge in [-0.3, -0.25) is 9.67 Å². The first-order chi connectivity index (χ1) is 22.2. The number of hydrogen-bond acceptors (Lipinski definition) is 2. The first-order valence-electron chi connectivity index (χ1n) is 15.5. The number of rotatable bonds is 4. The Morgan fingerprint density at radius 1 is 0.729 bits per heavy atom. The van der Waals surface area contributed by atoms with E-state index in [-0.39, 0.29) is 26.6 Å². The van der Waals surface area contributed by atoms with Crippen molar-refractivity contribution in [3.8, 4) is 33.9 Å². The van der Waals surface area contributed by atoms with Gasteiger partial charge in [-0.15, -0.1) is 47.3 Å². The molecule has 0 N–H and O–H groups in total. The second-order valence-electron chi connectivity index (χ2n) is 14.0. The summed E-state index contributed by atoms with van der Waals surface area (Å²) in [7, 11) is 1.95. The van der Waals surface area contributed by atoms with Gasteiger partial charge >= 0.3 is 21.1 Å². The third kappa shape index (κ3) is 5.50. The normalized spacial score (nSPS) is 12.2. The molecule has 0 radical (unpaired) electrons. The number of imidazole rings is 1. The van der Waals surface area contributed by atoms with Gasteiger partial charge in [0.2, 0.25) is 0 Å². The minimum Gasteiger partial charge on any atom is -0.373 e. The van der Waals surface area contributed by atoms with Crippen LogP contribution in [0.3, 0.4) is 0 Å². The Balaban J connectivity index is 0.00000401. The smallest absolute Gasteiger partial charge is 0.373 e. The number of aromatic nitrogens is 5. The molecule has 9 heteroatoms. The molecule has 48 heavy (non-hydrogen) atoms. The summed E-state index contributed by atoms with van der Waals surface area (Å²) in [5, 5.41) is 7.08. The third-order valence-electron chi connectivity index (χ3n) is 8.44. The van der Waals surface area contributed by atoms with Crippen molar-refractivity contribution in [1.82, 2.24) is 23.9 Å². The van der Waals surface area contributed by atoms with E-state index in [4.69, 9.17) is 5.10 Å². The van der Waals surface area contributed by atoms with Gasteiger partial charge in [-0.25, -0.2) is 13.2 Å². The standard InChI is InChI=1S/C39H34F3N5.Pt/c1-38(2,3)35-34(33-29(41)20-24(40)21-30(33)42)36(39(4,5)6)47(44-35)26-15-16-28-27-13-8-9-14-31(27)46(32(28)22-26)25-12-10-11-23(19-25)37-43-17-18-45(37)7;/h8-18,20-21H,1-7H3;/q-2;+2. The van der Waals surface area contributed by atoms with Crippen LogP contribution in [0.1, 0.15) is 52.9 Å². The van der Waals surface area contributed by atoms with Crippen molar-refractivity contribution in [3.05, 3.63) is 120 Å². The van der Waals surface area contributed by atoms with E-state index in [1.165, 1.54) is 0 Å². The van der Waals surface area contributed by atoms with Crippen LogP contribution in [0.25, 0.3) is 55.7 Å². The molecule has 7 aromatic rings. The average molecular weight is 825 g/mol. The molecule has 246 valence electrons. The second kappa shape index (κ2) is 11.9. The fourth-order valence-corrected chi connectivity index (χ4v) is 6.43. The zero-order chi connectivity index (χ0) is 33.4. The van der Waals surface area contributed by atoms with Gasteiger partial charge in [0.15, 0.2) is 0 Å². The molecular formula is C39H34F3N5Pt. The Bertz CT molecular complexity index is 2310. The molecule has 4 aromatic carbocycles. The van der Waals surface area contributed by atoms with E-state index in [9.17, 15) is 4.39 Å². The van der Waals surface area contributed by atoms with Crippen LogP contribution >= 0.6 is 0 Å². The van der Waals surface area contributed by atoms with Gasteiger partial charge in [-0.2, -0.15) is 11.2 Å². The molecule has 0 spiro atoms. The topological polar surface area (TPSA) is 40.6 Å². The van der Waals surface area contributed by atoms with Crippen LogP contribution in [0.2, 0.25) is 0 Å². The quantitative estimate of drug-likeness (QED) is 0.166. The Kier molecular flexibility index (Phi) is 8.31. The summed E-state index contributed by atoms with van der Waals surface area (Å²) in [5.74, 6) is -2.12. The monoisotopic (exact) mass is 824 g/mol. The number of aryl methyl sites for hydroxylation is 1. The maximum atomic E-state index is 15.5. The van der Waals surface area contributed by atoms with Crippen LogP contribution in [0, 0.1) is 29.6 Å². The number of halogens is 3. The Hall–Kier alpha value is -4.42. The molecule has 3 aromatic heterocycles. The molecule has 0 fully saturated rings. The van der Waals surface area contributed by atoms with Crippen LogP contribution in [-0.4, -0.2) is 23.9 Å². The van der Waals surface area contributed by atoms with Gasteiger partial charge in [0, 0.05) is 53.5 Å². The Labute approximate surface area is 292 Å². The molecule has 0 aliphatic carbocycles. The van der Waals surface area contributed by atoms with Crippen molar-refractivity contribution in [2.24, 2.45) is 7.05 Å². The summed E-state index contributed by atoms with van der Waals surface area (Å²) in [5.41, 5.74) is 3.93. The van der Waals surface area contributed by atoms with Crippen molar-refractivity contribution >= 4 is 21.8 Å². The summed E-state index contributed by atoms with van der Waals surface area (Å²) in [6, 6.07) is 26.7. The van der Waals surface area contributed by atoms with Crippen LogP contribution in [0.4, 0.5) is 13.2 Å². The van der Waals surface area contributed by atoms with Crippen molar-refractivity contribution in [2.45, 2.75) is 52.4 Å². The van der Waals surface area contributed by atoms with Gasteiger partial charge in [0.1, 0.15) is 17.5 Å². The molecule has 3 heterocycles. The number of benzene rings is 4. The number of nitrogens with zero attached hydrogens (tertiary/aromatic N) is 5. The molecular weight excluding hydrogens is 791 g/mol. The molecule has 0 saturated carbocycles. The Morgan fingerprint density at radius 2 is 1.44 bits per heavy atom. The summed E-state index contributed by atoms with van der Waals surface area (Å²) >= 11 is 0. The zero-order valence-electron chi connectivity index (χ0n) is 27.7. The molecule has 7 rings (SSSR count). The summed E-state index contributed by atoms with van der Waals surface area (Å²) in [6.07, 6.45) is 3.66. The predicted octanol–water partition coefficient (Wildman–Crippen LogP) is 9.65. The van der Waals surface area contributed by atoms with Crippen LogP contribution in [0.5, 0.6) is 0 Å². The maximum absolute atomic E-state index is 15.5. The number of fused-ring (bicyclic) bond motifs is 3. The predicted molar refractivity (Wildman–Crippen MR) is 180 cm³/mol. The number of hydrogen-bond donors (Lipinski definition) is 0. The molecule has 0 bridgehead atoms. The SMILES string of the molecule is Cn1ccnc1-c1[c-]c(-n2c3[c-]c(-n4nc(C(C)(C)C)c(-c5c(F)cc(F)cc5F)c4C(C)(C)C)ccc3c3ccccc32)ccc1.[Pt+2]. The van der Waals surface area contributed by atoms with Gasteiger partial charge in [0.25, 0.3) is 0 Å². The minimum atomic E-state index is -0.972. The van der Waals surface area contributed by atoms with Crippen molar-refractivity contribution < 1.29 is 34.2 Å². The van der Waals surface area contributed by atoms with E-state index >= 15 is 8.78 Å².